The summed E-state index contributed by atoms with van der Waals surface area (Å²) in [5.74, 6) is 0.893. The molecule has 0 saturated carbocycles. The van der Waals surface area contributed by atoms with Crippen molar-refractivity contribution in [2.24, 2.45) is 0 Å². The highest BCUT2D eigenvalue weighted by Crippen LogP contribution is 2.54. The predicted molar refractivity (Wildman–Crippen MR) is 120 cm³/mol. The smallest absolute Gasteiger partial charge is 0.118 e. The van der Waals surface area contributed by atoms with E-state index in [0.717, 1.165) is 12.3 Å². The molecular weight excluding hydrogens is 356 g/mol. The SMILES string of the molecule is COc1ccc(CN2c3ccccc3C(C)(C)C2c2c[nH]c3ccccc23)cc1. The lowest BCUT2D eigenvalue weighted by Crippen LogP contribution is -2.33. The third kappa shape index (κ3) is 2.80. The summed E-state index contributed by atoms with van der Waals surface area (Å²) in [6.45, 7) is 5.59. The number of nitrogens with one attached hydrogen (secondary N) is 1. The highest BCUT2D eigenvalue weighted by atomic mass is 16.5. The second-order valence-corrected chi connectivity index (χ2v) is 8.41. The molecule has 5 rings (SSSR count). The van der Waals surface area contributed by atoms with E-state index in [0.29, 0.717) is 0 Å². The number of aromatic nitrogens is 1. The zero-order valence-electron chi connectivity index (χ0n) is 17.1. The quantitative estimate of drug-likeness (QED) is 0.454. The van der Waals surface area contributed by atoms with Gasteiger partial charge in [-0.2, -0.15) is 0 Å². The van der Waals surface area contributed by atoms with Crippen molar-refractivity contribution in [1.29, 1.82) is 0 Å². The molecule has 0 fully saturated rings. The molecule has 1 unspecified atom stereocenters. The number of hydrogen-bond donors (Lipinski definition) is 1. The zero-order chi connectivity index (χ0) is 20.0. The Labute approximate surface area is 171 Å². The molecular formula is C26H26N2O. The number of H-pyrrole nitrogens is 1. The summed E-state index contributed by atoms with van der Waals surface area (Å²) in [7, 11) is 1.71. The summed E-state index contributed by atoms with van der Waals surface area (Å²) in [6, 6.07) is 26.1. The molecule has 0 saturated heterocycles. The molecule has 1 aliphatic rings. The first-order chi connectivity index (χ1) is 14.1. The van der Waals surface area contributed by atoms with Crippen LogP contribution in [0, 0.1) is 0 Å². The number of aromatic amines is 1. The van der Waals surface area contributed by atoms with Gasteiger partial charge in [0.25, 0.3) is 0 Å². The van der Waals surface area contributed by atoms with Crippen molar-refractivity contribution in [2.45, 2.75) is 31.8 Å². The van der Waals surface area contributed by atoms with E-state index in [1.807, 2.05) is 12.1 Å². The number of para-hydroxylation sites is 2. The lowest BCUT2D eigenvalue weighted by molar-refractivity contribution is 0.414. The number of hydrogen-bond acceptors (Lipinski definition) is 2. The highest BCUT2D eigenvalue weighted by molar-refractivity contribution is 5.85. The van der Waals surface area contributed by atoms with Crippen molar-refractivity contribution in [1.82, 2.24) is 4.98 Å². The van der Waals surface area contributed by atoms with Crippen LogP contribution in [0.1, 0.15) is 36.6 Å². The lowest BCUT2D eigenvalue weighted by Gasteiger charge is -2.35. The van der Waals surface area contributed by atoms with Gasteiger partial charge in [0.15, 0.2) is 0 Å². The maximum atomic E-state index is 5.34. The molecule has 3 aromatic carbocycles. The van der Waals surface area contributed by atoms with Crippen LogP contribution in [0.25, 0.3) is 10.9 Å². The van der Waals surface area contributed by atoms with Gasteiger partial charge in [0.05, 0.1) is 13.2 Å². The van der Waals surface area contributed by atoms with Crippen molar-refractivity contribution >= 4 is 16.6 Å². The number of benzene rings is 3. The monoisotopic (exact) mass is 382 g/mol. The summed E-state index contributed by atoms with van der Waals surface area (Å²) in [5.41, 5.74) is 6.55. The van der Waals surface area contributed by atoms with E-state index in [9.17, 15) is 0 Å². The normalized spacial score (nSPS) is 17.5. The van der Waals surface area contributed by atoms with Crippen LogP contribution in [0.2, 0.25) is 0 Å². The van der Waals surface area contributed by atoms with Crippen molar-refractivity contribution < 1.29 is 4.74 Å². The zero-order valence-corrected chi connectivity index (χ0v) is 17.1. The summed E-state index contributed by atoms with van der Waals surface area (Å²) < 4.78 is 5.34. The molecule has 1 aromatic heterocycles. The van der Waals surface area contributed by atoms with Crippen molar-refractivity contribution in [3.05, 3.63) is 95.7 Å². The van der Waals surface area contributed by atoms with Gasteiger partial charge in [0.1, 0.15) is 5.75 Å². The first-order valence-electron chi connectivity index (χ1n) is 10.1. The van der Waals surface area contributed by atoms with Crippen LogP contribution in [-0.2, 0) is 12.0 Å². The maximum absolute atomic E-state index is 5.34. The van der Waals surface area contributed by atoms with Gasteiger partial charge in [0, 0.05) is 40.3 Å². The summed E-state index contributed by atoms with van der Waals surface area (Å²) in [5, 5.41) is 1.30. The van der Waals surface area contributed by atoms with Gasteiger partial charge in [0.2, 0.25) is 0 Å². The van der Waals surface area contributed by atoms with Crippen molar-refractivity contribution in [3.8, 4) is 5.75 Å². The molecule has 3 heteroatoms. The highest BCUT2D eigenvalue weighted by Gasteiger charge is 2.45. The van der Waals surface area contributed by atoms with Gasteiger partial charge >= 0.3 is 0 Å². The number of rotatable bonds is 4. The number of anilines is 1. The second kappa shape index (κ2) is 6.70. The van der Waals surface area contributed by atoms with Gasteiger partial charge in [-0.25, -0.2) is 0 Å². The molecule has 29 heavy (non-hydrogen) atoms. The minimum absolute atomic E-state index is 0.00592. The number of methoxy groups -OCH3 is 1. The second-order valence-electron chi connectivity index (χ2n) is 8.41. The predicted octanol–water partition coefficient (Wildman–Crippen LogP) is 6.22. The van der Waals surface area contributed by atoms with E-state index in [1.165, 1.54) is 33.3 Å². The average Bonchev–Trinajstić information content (AvgIpc) is 3.26. The topological polar surface area (TPSA) is 28.3 Å². The Morgan fingerprint density at radius 2 is 1.66 bits per heavy atom. The van der Waals surface area contributed by atoms with Crippen LogP contribution in [0.4, 0.5) is 5.69 Å². The van der Waals surface area contributed by atoms with Gasteiger partial charge in [-0.1, -0.05) is 62.4 Å². The summed E-state index contributed by atoms with van der Waals surface area (Å²) in [4.78, 5) is 6.05. The van der Waals surface area contributed by atoms with E-state index in [2.05, 4.69) is 90.6 Å². The Morgan fingerprint density at radius 3 is 2.45 bits per heavy atom. The third-order valence-electron chi connectivity index (χ3n) is 6.33. The third-order valence-corrected chi connectivity index (χ3v) is 6.33. The van der Waals surface area contributed by atoms with Crippen LogP contribution < -0.4 is 9.64 Å². The van der Waals surface area contributed by atoms with Crippen molar-refractivity contribution in [3.63, 3.8) is 0 Å². The number of nitrogens with zero attached hydrogens (tertiary/aromatic N) is 1. The van der Waals surface area contributed by atoms with Crippen LogP contribution in [0.5, 0.6) is 5.75 Å². The standard InChI is InChI=1S/C26H26N2O/c1-26(2)22-9-5-7-11-24(22)28(17-18-12-14-19(29-3)15-13-18)25(26)21-16-27-23-10-6-4-8-20(21)23/h4-16,25,27H,17H2,1-3H3. The molecule has 1 N–H and O–H groups in total. The molecule has 3 nitrogen and oxygen atoms in total. The molecule has 4 aromatic rings. The first-order valence-corrected chi connectivity index (χ1v) is 10.1. The number of fused-ring (bicyclic) bond motifs is 2. The fraction of sp³-hybridized carbons (Fsp3) is 0.231. The first kappa shape index (κ1) is 17.9. The van der Waals surface area contributed by atoms with Gasteiger partial charge in [-0.3, -0.25) is 0 Å². The molecule has 0 spiro atoms. The van der Waals surface area contributed by atoms with Crippen LogP contribution in [-0.4, -0.2) is 12.1 Å². The largest absolute Gasteiger partial charge is 0.497 e. The van der Waals surface area contributed by atoms with E-state index in [-0.39, 0.29) is 11.5 Å². The lowest BCUT2D eigenvalue weighted by atomic mass is 9.77. The van der Waals surface area contributed by atoms with Crippen LogP contribution >= 0.6 is 0 Å². The number of ether oxygens (including phenoxy) is 1. The molecule has 146 valence electrons. The average molecular weight is 383 g/mol. The molecule has 0 aliphatic carbocycles. The molecule has 0 bridgehead atoms. The Morgan fingerprint density at radius 1 is 0.931 bits per heavy atom. The Balaban J connectivity index is 1.64. The van der Waals surface area contributed by atoms with E-state index < -0.39 is 0 Å². The summed E-state index contributed by atoms with van der Waals surface area (Å²) >= 11 is 0. The van der Waals surface area contributed by atoms with Crippen LogP contribution in [0.3, 0.4) is 0 Å². The Hall–Kier alpha value is -3.20. The Kier molecular flexibility index (Phi) is 4.13. The minimum atomic E-state index is -0.00592. The van der Waals surface area contributed by atoms with Gasteiger partial charge in [-0.05, 0) is 35.4 Å². The molecule has 0 amide bonds. The molecule has 1 aliphatic heterocycles. The van der Waals surface area contributed by atoms with E-state index in [1.54, 1.807) is 7.11 Å². The molecule has 0 radical (unpaired) electrons. The minimum Gasteiger partial charge on any atom is -0.497 e. The fourth-order valence-electron chi connectivity index (χ4n) is 4.93. The summed E-state index contributed by atoms with van der Waals surface area (Å²) in [6.07, 6.45) is 2.20. The fourth-order valence-corrected chi connectivity index (χ4v) is 4.93. The van der Waals surface area contributed by atoms with Gasteiger partial charge < -0.3 is 14.6 Å². The Bertz CT molecular complexity index is 1160. The van der Waals surface area contributed by atoms with Crippen LogP contribution in [0.15, 0.2) is 79.0 Å². The van der Waals surface area contributed by atoms with Gasteiger partial charge in [-0.15, -0.1) is 0 Å². The van der Waals surface area contributed by atoms with E-state index >= 15 is 0 Å². The molecule has 2 heterocycles. The van der Waals surface area contributed by atoms with Crippen molar-refractivity contribution in [2.75, 3.05) is 12.0 Å². The maximum Gasteiger partial charge on any atom is 0.118 e. The van der Waals surface area contributed by atoms with E-state index in [4.69, 9.17) is 4.74 Å². The molecule has 1 atom stereocenters.